The van der Waals surface area contributed by atoms with Crippen LogP contribution in [0.1, 0.15) is 26.3 Å². The summed E-state index contributed by atoms with van der Waals surface area (Å²) in [6.45, 7) is 8.10. The molecule has 0 aliphatic carbocycles. The van der Waals surface area contributed by atoms with Gasteiger partial charge in [-0.25, -0.2) is 0 Å². The summed E-state index contributed by atoms with van der Waals surface area (Å²) in [4.78, 5) is 11.9. The number of aryl methyl sites for hydroxylation is 1. The lowest BCUT2D eigenvalue weighted by Gasteiger charge is -2.17. The van der Waals surface area contributed by atoms with Gasteiger partial charge in [0.05, 0.1) is 18.2 Å². The molecule has 0 radical (unpaired) electrons. The number of nitrogens with one attached hydrogen (secondary N) is 1. The van der Waals surface area contributed by atoms with Gasteiger partial charge in [0, 0.05) is 6.04 Å². The highest BCUT2D eigenvalue weighted by molar-refractivity contribution is 5.94. The monoisotopic (exact) mass is 250 g/mol. The fraction of sp³-hybridized carbons (Fsp3) is 0.500. The van der Waals surface area contributed by atoms with Gasteiger partial charge in [-0.2, -0.15) is 0 Å². The molecule has 1 rings (SSSR count). The first-order chi connectivity index (χ1) is 8.45. The van der Waals surface area contributed by atoms with Crippen molar-refractivity contribution in [2.75, 3.05) is 11.9 Å². The minimum Gasteiger partial charge on any atom is -0.492 e. The van der Waals surface area contributed by atoms with Crippen molar-refractivity contribution in [3.63, 3.8) is 0 Å². The Hall–Kier alpha value is -1.55. The van der Waals surface area contributed by atoms with Crippen LogP contribution in [0.5, 0.6) is 5.75 Å². The molecule has 4 nitrogen and oxygen atoms in total. The highest BCUT2D eigenvalue weighted by atomic mass is 16.5. The Bertz CT molecular complexity index is 416. The van der Waals surface area contributed by atoms with Crippen molar-refractivity contribution in [3.8, 4) is 5.75 Å². The molecule has 0 spiro atoms. The summed E-state index contributed by atoms with van der Waals surface area (Å²) < 4.78 is 5.51. The number of anilines is 1. The zero-order valence-corrected chi connectivity index (χ0v) is 11.5. The number of benzene rings is 1. The second-order valence-electron chi connectivity index (χ2n) is 4.57. The van der Waals surface area contributed by atoms with Gasteiger partial charge < -0.3 is 15.8 Å². The molecule has 2 unspecified atom stereocenters. The number of nitrogens with two attached hydrogens (primary N) is 1. The van der Waals surface area contributed by atoms with Crippen molar-refractivity contribution in [3.05, 3.63) is 23.8 Å². The summed E-state index contributed by atoms with van der Waals surface area (Å²) in [6.07, 6.45) is 0. The van der Waals surface area contributed by atoms with Crippen molar-refractivity contribution in [2.24, 2.45) is 11.7 Å². The van der Waals surface area contributed by atoms with E-state index in [1.807, 2.05) is 45.9 Å². The predicted octanol–water partition coefficient (Wildman–Crippen LogP) is 2.32. The first-order valence-electron chi connectivity index (χ1n) is 6.25. The van der Waals surface area contributed by atoms with E-state index in [2.05, 4.69) is 5.32 Å². The summed E-state index contributed by atoms with van der Waals surface area (Å²) in [5.41, 5.74) is 7.51. The number of carbonyl (C=O) groups is 1. The predicted molar refractivity (Wildman–Crippen MR) is 73.8 cm³/mol. The van der Waals surface area contributed by atoms with Crippen LogP contribution in [0.15, 0.2) is 18.2 Å². The van der Waals surface area contributed by atoms with Crippen LogP contribution in [0.25, 0.3) is 0 Å². The minimum absolute atomic E-state index is 0.0881. The van der Waals surface area contributed by atoms with Gasteiger partial charge >= 0.3 is 0 Å². The van der Waals surface area contributed by atoms with E-state index >= 15 is 0 Å². The van der Waals surface area contributed by atoms with Crippen LogP contribution in [0.4, 0.5) is 5.69 Å². The third-order valence-electron chi connectivity index (χ3n) is 2.90. The summed E-state index contributed by atoms with van der Waals surface area (Å²) >= 11 is 0. The van der Waals surface area contributed by atoms with Gasteiger partial charge in [-0.05, 0) is 38.5 Å². The molecule has 0 aromatic heterocycles. The molecule has 2 atom stereocenters. The number of ether oxygens (including phenoxy) is 1. The van der Waals surface area contributed by atoms with E-state index in [-0.39, 0.29) is 17.9 Å². The number of carbonyl (C=O) groups excluding carboxylic acids is 1. The van der Waals surface area contributed by atoms with Crippen molar-refractivity contribution in [1.29, 1.82) is 0 Å². The van der Waals surface area contributed by atoms with E-state index in [0.717, 1.165) is 5.56 Å². The number of rotatable bonds is 5. The molecular weight excluding hydrogens is 228 g/mol. The van der Waals surface area contributed by atoms with Gasteiger partial charge in [-0.1, -0.05) is 13.0 Å². The Morgan fingerprint density at radius 2 is 2.11 bits per heavy atom. The zero-order chi connectivity index (χ0) is 13.7. The first-order valence-corrected chi connectivity index (χ1v) is 6.25. The average molecular weight is 250 g/mol. The molecule has 18 heavy (non-hydrogen) atoms. The van der Waals surface area contributed by atoms with Crippen LogP contribution in [0.2, 0.25) is 0 Å². The molecule has 100 valence electrons. The molecule has 0 aliphatic rings. The Kier molecular flexibility index (Phi) is 5.16. The standard InChI is InChI=1S/C14H22N2O2/c1-5-18-13-8-9(2)6-7-12(13)16-14(17)10(3)11(4)15/h6-8,10-11H,5,15H2,1-4H3,(H,16,17). The Balaban J connectivity index is 2.86. The van der Waals surface area contributed by atoms with E-state index < -0.39 is 0 Å². The third kappa shape index (κ3) is 3.74. The SMILES string of the molecule is CCOc1cc(C)ccc1NC(=O)C(C)C(C)N. The van der Waals surface area contributed by atoms with E-state index in [0.29, 0.717) is 18.0 Å². The van der Waals surface area contributed by atoms with Gasteiger partial charge in [0.15, 0.2) is 0 Å². The van der Waals surface area contributed by atoms with Crippen LogP contribution in [-0.4, -0.2) is 18.6 Å². The van der Waals surface area contributed by atoms with Crippen LogP contribution < -0.4 is 15.8 Å². The van der Waals surface area contributed by atoms with E-state index in [1.165, 1.54) is 0 Å². The van der Waals surface area contributed by atoms with Crippen LogP contribution in [-0.2, 0) is 4.79 Å². The molecule has 4 heteroatoms. The topological polar surface area (TPSA) is 64.3 Å². The van der Waals surface area contributed by atoms with E-state index in [4.69, 9.17) is 10.5 Å². The first kappa shape index (κ1) is 14.5. The van der Waals surface area contributed by atoms with Gasteiger partial charge in [0.25, 0.3) is 0 Å². The molecule has 0 fully saturated rings. The molecule has 1 aromatic rings. The summed E-state index contributed by atoms with van der Waals surface area (Å²) in [6, 6.07) is 5.53. The van der Waals surface area contributed by atoms with Gasteiger partial charge in [0.2, 0.25) is 5.91 Å². The fourth-order valence-corrected chi connectivity index (χ4v) is 1.49. The van der Waals surface area contributed by atoms with Gasteiger partial charge in [0.1, 0.15) is 5.75 Å². The molecule has 3 N–H and O–H groups in total. The lowest BCUT2D eigenvalue weighted by atomic mass is 10.0. The molecular formula is C14H22N2O2. The molecule has 0 heterocycles. The summed E-state index contributed by atoms with van der Waals surface area (Å²) in [5.74, 6) is 0.373. The number of hydrogen-bond acceptors (Lipinski definition) is 3. The smallest absolute Gasteiger partial charge is 0.228 e. The second-order valence-corrected chi connectivity index (χ2v) is 4.57. The molecule has 1 amide bonds. The molecule has 0 bridgehead atoms. The third-order valence-corrected chi connectivity index (χ3v) is 2.90. The maximum atomic E-state index is 11.9. The molecule has 1 aromatic carbocycles. The molecule has 0 saturated heterocycles. The second kappa shape index (κ2) is 6.40. The van der Waals surface area contributed by atoms with Crippen molar-refractivity contribution >= 4 is 11.6 Å². The average Bonchev–Trinajstić information content (AvgIpc) is 2.31. The number of amides is 1. The highest BCUT2D eigenvalue weighted by Gasteiger charge is 2.18. The van der Waals surface area contributed by atoms with E-state index in [9.17, 15) is 4.79 Å². The van der Waals surface area contributed by atoms with Crippen LogP contribution in [0.3, 0.4) is 0 Å². The summed E-state index contributed by atoms with van der Waals surface area (Å²) in [7, 11) is 0. The Labute approximate surface area is 109 Å². The lowest BCUT2D eigenvalue weighted by Crippen LogP contribution is -2.34. The molecule has 0 saturated carbocycles. The Morgan fingerprint density at radius 3 is 2.67 bits per heavy atom. The van der Waals surface area contributed by atoms with Crippen LogP contribution in [0, 0.1) is 12.8 Å². The summed E-state index contributed by atoms with van der Waals surface area (Å²) in [5, 5.41) is 2.86. The van der Waals surface area contributed by atoms with Gasteiger partial charge in [-0.15, -0.1) is 0 Å². The quantitative estimate of drug-likeness (QED) is 0.843. The lowest BCUT2D eigenvalue weighted by molar-refractivity contribution is -0.119. The largest absolute Gasteiger partial charge is 0.492 e. The van der Waals surface area contributed by atoms with Crippen molar-refractivity contribution in [1.82, 2.24) is 0 Å². The van der Waals surface area contributed by atoms with Crippen molar-refractivity contribution in [2.45, 2.75) is 33.7 Å². The highest BCUT2D eigenvalue weighted by Crippen LogP contribution is 2.26. The van der Waals surface area contributed by atoms with Crippen molar-refractivity contribution < 1.29 is 9.53 Å². The van der Waals surface area contributed by atoms with E-state index in [1.54, 1.807) is 0 Å². The maximum absolute atomic E-state index is 11.9. The molecule has 0 aliphatic heterocycles. The van der Waals surface area contributed by atoms with Gasteiger partial charge in [-0.3, -0.25) is 4.79 Å². The normalized spacial score (nSPS) is 13.8. The number of hydrogen-bond donors (Lipinski definition) is 2. The Morgan fingerprint density at radius 1 is 1.44 bits per heavy atom. The maximum Gasteiger partial charge on any atom is 0.228 e. The fourth-order valence-electron chi connectivity index (χ4n) is 1.49. The van der Waals surface area contributed by atoms with Crippen LogP contribution >= 0.6 is 0 Å². The zero-order valence-electron chi connectivity index (χ0n) is 11.5. The minimum atomic E-state index is -0.235.